The summed E-state index contributed by atoms with van der Waals surface area (Å²) in [6, 6.07) is 1.55. The number of rotatable bonds is 5. The highest BCUT2D eigenvalue weighted by Gasteiger charge is 2.43. The van der Waals surface area contributed by atoms with E-state index in [9.17, 15) is 22.8 Å². The number of alkyl carbamates (subject to hydrolysis) is 1. The number of hydrogen-bond donors (Lipinski definition) is 3. The second kappa shape index (κ2) is 9.00. The van der Waals surface area contributed by atoms with Crippen molar-refractivity contribution in [2.45, 2.75) is 30.0 Å². The van der Waals surface area contributed by atoms with E-state index >= 15 is 0 Å². The maximum absolute atomic E-state index is 12.7. The maximum atomic E-state index is 12.7. The molecule has 2 aliphatic rings. The number of carbonyl (C=O) groups excluding carboxylic acids is 3. The second-order valence-electron chi connectivity index (χ2n) is 6.56. The van der Waals surface area contributed by atoms with Crippen LogP contribution in [0.3, 0.4) is 0 Å². The highest BCUT2D eigenvalue weighted by molar-refractivity contribution is 8.01. The van der Waals surface area contributed by atoms with E-state index in [1.807, 2.05) is 0 Å². The Morgan fingerprint density at radius 3 is 2.83 bits per heavy atom. The largest absolute Gasteiger partial charge is 0.450 e. The van der Waals surface area contributed by atoms with E-state index in [-0.39, 0.29) is 29.4 Å². The van der Waals surface area contributed by atoms with Crippen molar-refractivity contribution in [3.63, 3.8) is 0 Å². The Morgan fingerprint density at radius 2 is 2.14 bits per heavy atom. The summed E-state index contributed by atoms with van der Waals surface area (Å²) < 4.78 is 29.7. The second-order valence-corrected chi connectivity index (χ2v) is 10.8. The number of thiophene rings is 1. The van der Waals surface area contributed by atoms with Crippen LogP contribution in [0.1, 0.15) is 23.7 Å². The third-order valence-electron chi connectivity index (χ3n) is 4.54. The van der Waals surface area contributed by atoms with Crippen molar-refractivity contribution in [2.24, 2.45) is 0 Å². The number of thioether (sulfide) groups is 1. The summed E-state index contributed by atoms with van der Waals surface area (Å²) in [4.78, 5) is 36.3. The maximum Gasteiger partial charge on any atom is 0.414 e. The van der Waals surface area contributed by atoms with Crippen molar-refractivity contribution in [3.05, 3.63) is 17.0 Å². The molecule has 2 fully saturated rings. The van der Waals surface area contributed by atoms with Crippen LogP contribution in [0.5, 0.6) is 0 Å². The summed E-state index contributed by atoms with van der Waals surface area (Å²) >= 11 is 2.54. The molecule has 3 atom stereocenters. The summed E-state index contributed by atoms with van der Waals surface area (Å²) in [6.07, 6.45) is 0.957. The van der Waals surface area contributed by atoms with Crippen molar-refractivity contribution in [1.82, 2.24) is 14.9 Å². The normalized spacial score (nSPS) is 24.6. The fraction of sp³-hybridized carbons (Fsp3) is 0.562. The number of imide groups is 1. The first kappa shape index (κ1) is 22.0. The van der Waals surface area contributed by atoms with Crippen LogP contribution in [0.15, 0.2) is 11.4 Å². The lowest BCUT2D eigenvalue weighted by molar-refractivity contribution is -0.116. The van der Waals surface area contributed by atoms with Crippen LogP contribution in [-0.2, 0) is 19.6 Å². The van der Waals surface area contributed by atoms with Gasteiger partial charge in [-0.25, -0.2) is 17.5 Å². The zero-order valence-corrected chi connectivity index (χ0v) is 18.3. The van der Waals surface area contributed by atoms with Crippen molar-refractivity contribution in [1.29, 1.82) is 0 Å². The lowest BCUT2D eigenvalue weighted by Gasteiger charge is -2.32. The summed E-state index contributed by atoms with van der Waals surface area (Å²) in [5.74, 6) is -0.993. The lowest BCUT2D eigenvalue weighted by Crippen LogP contribution is -2.49. The first-order valence-corrected chi connectivity index (χ1v) is 12.6. The minimum absolute atomic E-state index is 0.0239. The fourth-order valence-corrected chi connectivity index (χ4v) is 6.36. The molecule has 3 amide bonds. The summed E-state index contributed by atoms with van der Waals surface area (Å²) in [6.45, 7) is 2.54. The number of piperidine rings is 1. The van der Waals surface area contributed by atoms with Crippen LogP contribution in [0.4, 0.5) is 9.80 Å². The molecule has 1 aromatic rings. The number of carbonyl (C=O) groups is 3. The molecule has 13 heteroatoms. The number of nitrogens with one attached hydrogen (secondary N) is 3. The quantitative estimate of drug-likeness (QED) is 0.580. The summed E-state index contributed by atoms with van der Waals surface area (Å²) in [5.41, 5.74) is 0.167. The van der Waals surface area contributed by atoms with Gasteiger partial charge in [0, 0.05) is 24.4 Å². The third-order valence-corrected chi connectivity index (χ3v) is 8.09. The van der Waals surface area contributed by atoms with E-state index in [4.69, 9.17) is 0 Å². The van der Waals surface area contributed by atoms with Gasteiger partial charge in [-0.3, -0.25) is 20.2 Å². The van der Waals surface area contributed by atoms with Gasteiger partial charge in [-0.15, -0.1) is 23.1 Å². The van der Waals surface area contributed by atoms with E-state index in [1.165, 1.54) is 39.7 Å². The molecule has 3 unspecified atom stereocenters. The van der Waals surface area contributed by atoms with Crippen LogP contribution in [0, 0.1) is 0 Å². The zero-order valence-electron chi connectivity index (χ0n) is 15.8. The first-order valence-electron chi connectivity index (χ1n) is 8.92. The molecule has 0 radical (unpaired) electrons. The molecule has 1 aromatic heterocycles. The molecule has 0 saturated carbocycles. The number of amides is 3. The monoisotopic (exact) mass is 462 g/mol. The standard InChI is InChI=1S/C16H22N4O6S3/c1-3-26-16(23)19-12(21)9-5-7-27-14(9)18-13(22)15-17-10-4-6-20(29(2,24)25)8-11(10)28-15/h5,7,10-11,15,17H,3-4,6,8H2,1-2H3,(H,18,22)(H,19,21,23). The number of ether oxygens (including phenoxy) is 1. The van der Waals surface area contributed by atoms with Gasteiger partial charge >= 0.3 is 6.09 Å². The first-order chi connectivity index (χ1) is 13.7. The average molecular weight is 463 g/mol. The topological polar surface area (TPSA) is 134 Å². The van der Waals surface area contributed by atoms with Gasteiger partial charge in [-0.1, -0.05) is 0 Å². The Hall–Kier alpha value is -1.67. The van der Waals surface area contributed by atoms with Gasteiger partial charge in [0.05, 0.1) is 18.4 Å². The molecule has 29 heavy (non-hydrogen) atoms. The number of hydrogen-bond acceptors (Lipinski definition) is 9. The van der Waals surface area contributed by atoms with Crippen molar-refractivity contribution in [3.8, 4) is 0 Å². The Kier molecular flexibility index (Phi) is 6.83. The molecule has 0 aromatic carbocycles. The van der Waals surface area contributed by atoms with Crippen molar-refractivity contribution >= 4 is 56.0 Å². The minimum atomic E-state index is -3.26. The summed E-state index contributed by atoms with van der Waals surface area (Å²) in [7, 11) is -3.26. The van der Waals surface area contributed by atoms with Crippen LogP contribution >= 0.6 is 23.1 Å². The van der Waals surface area contributed by atoms with Gasteiger partial charge < -0.3 is 10.1 Å². The SMILES string of the molecule is CCOC(=O)NC(=O)c1ccsc1NC(=O)C1NC2CCN(S(C)(=O)=O)CC2S1. The van der Waals surface area contributed by atoms with Gasteiger partial charge in [-0.05, 0) is 24.8 Å². The third kappa shape index (κ3) is 5.28. The smallest absolute Gasteiger partial charge is 0.414 e. The fourth-order valence-electron chi connectivity index (χ4n) is 3.15. The zero-order chi connectivity index (χ0) is 21.2. The molecule has 3 N–H and O–H groups in total. The molecule has 0 aliphatic carbocycles. The van der Waals surface area contributed by atoms with Crippen molar-refractivity contribution in [2.75, 3.05) is 31.3 Å². The highest BCUT2D eigenvalue weighted by Crippen LogP contribution is 2.34. The van der Waals surface area contributed by atoms with Crippen LogP contribution in [0.2, 0.25) is 0 Å². The van der Waals surface area contributed by atoms with Crippen LogP contribution in [-0.4, -0.2) is 73.2 Å². The molecule has 160 valence electrons. The van der Waals surface area contributed by atoms with Gasteiger partial charge in [0.25, 0.3) is 11.8 Å². The van der Waals surface area contributed by atoms with Gasteiger partial charge in [0.2, 0.25) is 10.0 Å². The Balaban J connectivity index is 1.60. The number of sulfonamides is 1. The predicted octanol–water partition coefficient (Wildman–Crippen LogP) is 0.638. The van der Waals surface area contributed by atoms with Gasteiger partial charge in [-0.2, -0.15) is 0 Å². The average Bonchev–Trinajstić information content (AvgIpc) is 3.26. The van der Waals surface area contributed by atoms with Crippen molar-refractivity contribution < 1.29 is 27.5 Å². The molecule has 10 nitrogen and oxygen atoms in total. The van der Waals surface area contributed by atoms with E-state index in [0.717, 1.165) is 0 Å². The van der Waals surface area contributed by atoms with Crippen LogP contribution < -0.4 is 16.0 Å². The molecule has 0 spiro atoms. The van der Waals surface area contributed by atoms with E-state index < -0.39 is 27.4 Å². The lowest BCUT2D eigenvalue weighted by atomic mass is 10.1. The molecule has 0 bridgehead atoms. The summed E-state index contributed by atoms with van der Waals surface area (Å²) in [5, 5.41) is 9.43. The molecule has 2 aliphatic heterocycles. The Morgan fingerprint density at radius 1 is 1.38 bits per heavy atom. The molecular weight excluding hydrogens is 440 g/mol. The highest BCUT2D eigenvalue weighted by atomic mass is 32.2. The Bertz CT molecular complexity index is 902. The number of anilines is 1. The van der Waals surface area contributed by atoms with E-state index in [2.05, 4.69) is 20.7 Å². The molecule has 3 rings (SSSR count). The van der Waals surface area contributed by atoms with E-state index in [1.54, 1.807) is 12.3 Å². The number of nitrogens with zero attached hydrogens (tertiary/aromatic N) is 1. The molecular formula is C16H22N4O6S3. The predicted molar refractivity (Wildman–Crippen MR) is 111 cm³/mol. The van der Waals surface area contributed by atoms with Gasteiger partial charge in [0.15, 0.2) is 0 Å². The van der Waals surface area contributed by atoms with E-state index in [0.29, 0.717) is 24.5 Å². The van der Waals surface area contributed by atoms with Gasteiger partial charge in [0.1, 0.15) is 10.4 Å². The Labute approximate surface area is 176 Å². The molecule has 2 saturated heterocycles. The van der Waals surface area contributed by atoms with Crippen LogP contribution in [0.25, 0.3) is 0 Å². The molecule has 3 heterocycles. The number of fused-ring (bicyclic) bond motifs is 1. The minimum Gasteiger partial charge on any atom is -0.450 e.